The van der Waals surface area contributed by atoms with Crippen LogP contribution in [-0.2, 0) is 32.7 Å². The van der Waals surface area contributed by atoms with Gasteiger partial charge in [0.1, 0.15) is 6.61 Å². The highest BCUT2D eigenvalue weighted by Crippen LogP contribution is 2.43. The van der Waals surface area contributed by atoms with Crippen LogP contribution in [0.5, 0.6) is 0 Å². The molecule has 0 aliphatic heterocycles. The van der Waals surface area contributed by atoms with Gasteiger partial charge in [-0.3, -0.25) is 18.6 Å². The van der Waals surface area contributed by atoms with Crippen LogP contribution in [0.4, 0.5) is 0 Å². The molecular weight excluding hydrogens is 762 g/mol. The third-order valence-corrected chi connectivity index (χ3v) is 9.33. The fraction of sp³-hybridized carbons (Fsp3) is 0.551. The summed E-state index contributed by atoms with van der Waals surface area (Å²) in [5.41, 5.74) is 5.34. The Labute approximate surface area is 358 Å². The molecule has 0 fully saturated rings. The van der Waals surface area contributed by atoms with Crippen molar-refractivity contribution in [2.24, 2.45) is 5.73 Å². The van der Waals surface area contributed by atoms with Crippen molar-refractivity contribution >= 4 is 19.8 Å². The summed E-state index contributed by atoms with van der Waals surface area (Å²) in [5, 5.41) is 0. The lowest BCUT2D eigenvalue weighted by Gasteiger charge is -2.19. The number of unbranched alkanes of at least 4 members (excludes halogenated alkanes) is 6. The van der Waals surface area contributed by atoms with Gasteiger partial charge in [-0.15, -0.1) is 0 Å². The maximum absolute atomic E-state index is 12.6. The summed E-state index contributed by atoms with van der Waals surface area (Å²) >= 11 is 0. The number of hydrogen-bond acceptors (Lipinski definition) is 8. The smallest absolute Gasteiger partial charge is 0.462 e. The second-order valence-electron chi connectivity index (χ2n) is 13.8. The molecule has 0 aromatic rings. The highest BCUT2D eigenvalue weighted by Gasteiger charge is 2.25. The van der Waals surface area contributed by atoms with Crippen molar-refractivity contribution in [3.05, 3.63) is 122 Å². The number of allylic oxidation sites excluding steroid dienone is 20. The normalized spacial score (nSPS) is 14.4. The van der Waals surface area contributed by atoms with Crippen LogP contribution in [0, 0.1) is 0 Å². The Bertz CT molecular complexity index is 1370. The van der Waals surface area contributed by atoms with Crippen LogP contribution in [-0.4, -0.2) is 49.3 Å². The van der Waals surface area contributed by atoms with Crippen molar-refractivity contribution in [1.29, 1.82) is 0 Å². The Kier molecular flexibility index (Phi) is 41.3. The molecule has 3 N–H and O–H groups in total. The van der Waals surface area contributed by atoms with Crippen molar-refractivity contribution in [3.8, 4) is 0 Å². The number of nitrogens with two attached hydrogens (primary N) is 1. The molecule has 1 unspecified atom stereocenters. The van der Waals surface area contributed by atoms with Gasteiger partial charge in [0, 0.05) is 19.4 Å². The molecule has 0 aromatic heterocycles. The predicted octanol–water partition coefficient (Wildman–Crippen LogP) is 12.9. The van der Waals surface area contributed by atoms with Gasteiger partial charge in [-0.05, 0) is 96.3 Å². The fourth-order valence-electron chi connectivity index (χ4n) is 5.11. The molecule has 0 aliphatic carbocycles. The molecule has 2 atom stereocenters. The number of carbonyl (C=O) groups is 2. The molecule has 0 heterocycles. The lowest BCUT2D eigenvalue weighted by molar-refractivity contribution is -0.161. The van der Waals surface area contributed by atoms with Crippen LogP contribution in [0.3, 0.4) is 0 Å². The average Bonchev–Trinajstić information content (AvgIpc) is 3.22. The number of carbonyl (C=O) groups excluding carboxylic acids is 2. The predicted molar refractivity (Wildman–Crippen MR) is 247 cm³/mol. The van der Waals surface area contributed by atoms with Crippen molar-refractivity contribution in [2.45, 2.75) is 148 Å². The van der Waals surface area contributed by atoms with Gasteiger partial charge >= 0.3 is 19.8 Å². The molecule has 0 aromatic carbocycles. The Balaban J connectivity index is 4.37. The zero-order valence-electron chi connectivity index (χ0n) is 36.4. The standard InChI is InChI=1S/C49H78NO8P/c1-3-5-7-9-11-13-15-17-19-21-23-25-27-29-31-33-35-37-39-41-48(51)55-45-47(46-57-59(53,54)56-44-43-50)58-49(52)42-40-38-36-34-32-30-28-26-24-22-20-18-16-14-12-10-8-6-4-2/h6,8,11-14,17-20,23-26,29-32,36,38,47H,3-5,7,9-10,15-16,21-22,27-28,33-35,37,39-46,50H2,1-2H3,(H,53,54)/b8-6+,13-11+,14-12+,19-17+,20-18+,25-23+,26-24+,31-29+,32-30+,38-36+/t47-/m1/s1. The summed E-state index contributed by atoms with van der Waals surface area (Å²) in [6, 6.07) is 0. The molecule has 0 amide bonds. The van der Waals surface area contributed by atoms with Crippen molar-refractivity contribution in [1.82, 2.24) is 0 Å². The molecule has 0 aliphatic rings. The molecule has 0 spiro atoms. The lowest BCUT2D eigenvalue weighted by atomic mass is 10.1. The minimum absolute atomic E-state index is 0.0299. The topological polar surface area (TPSA) is 134 Å². The van der Waals surface area contributed by atoms with Crippen molar-refractivity contribution in [3.63, 3.8) is 0 Å². The molecule has 59 heavy (non-hydrogen) atoms. The number of hydrogen-bond donors (Lipinski definition) is 2. The number of esters is 2. The van der Waals surface area contributed by atoms with Gasteiger partial charge < -0.3 is 20.1 Å². The molecule has 332 valence electrons. The molecule has 0 saturated carbocycles. The van der Waals surface area contributed by atoms with E-state index in [2.05, 4.69) is 123 Å². The number of phosphoric acid groups is 1. The van der Waals surface area contributed by atoms with E-state index in [1.165, 1.54) is 25.7 Å². The van der Waals surface area contributed by atoms with Crippen LogP contribution < -0.4 is 5.73 Å². The molecule has 9 nitrogen and oxygen atoms in total. The van der Waals surface area contributed by atoms with Crippen LogP contribution in [0.15, 0.2) is 122 Å². The fourth-order valence-corrected chi connectivity index (χ4v) is 5.88. The van der Waals surface area contributed by atoms with Gasteiger partial charge in [0.15, 0.2) is 6.10 Å². The van der Waals surface area contributed by atoms with Crippen molar-refractivity contribution < 1.29 is 37.6 Å². The number of phosphoric ester groups is 1. The Morgan fingerprint density at radius 1 is 0.525 bits per heavy atom. The van der Waals surface area contributed by atoms with Crippen molar-refractivity contribution in [2.75, 3.05) is 26.4 Å². The highest BCUT2D eigenvalue weighted by atomic mass is 31.2. The largest absolute Gasteiger partial charge is 0.472 e. The van der Waals surface area contributed by atoms with Gasteiger partial charge in [-0.1, -0.05) is 155 Å². The minimum Gasteiger partial charge on any atom is -0.462 e. The first-order valence-corrected chi connectivity index (χ1v) is 23.5. The molecule has 0 radical (unpaired) electrons. The summed E-state index contributed by atoms with van der Waals surface area (Å²) in [4.78, 5) is 34.9. The van der Waals surface area contributed by atoms with Gasteiger partial charge in [-0.2, -0.15) is 0 Å². The van der Waals surface area contributed by atoms with E-state index in [0.717, 1.165) is 77.0 Å². The molecular formula is C49H78NO8P. The van der Waals surface area contributed by atoms with Crippen LogP contribution >= 0.6 is 7.82 Å². The SMILES string of the molecule is CC/C=C/C/C=C/C/C=C/C/C=C/C/C=C/C/C=C/CCC(=O)O[C@H](COC(=O)CCCCC/C=C/C/C=C/C/C=C/C/C=C/CCCCC)COP(=O)(O)OCCN. The summed E-state index contributed by atoms with van der Waals surface area (Å²) in [6.07, 6.45) is 59.6. The van der Waals surface area contributed by atoms with E-state index in [0.29, 0.717) is 12.8 Å². The zero-order valence-corrected chi connectivity index (χ0v) is 37.3. The third-order valence-electron chi connectivity index (χ3n) is 8.35. The van der Waals surface area contributed by atoms with Crippen LogP contribution in [0.1, 0.15) is 142 Å². The summed E-state index contributed by atoms with van der Waals surface area (Å²) in [5.74, 6) is -0.977. The summed E-state index contributed by atoms with van der Waals surface area (Å²) < 4.78 is 32.7. The van der Waals surface area contributed by atoms with Crippen LogP contribution in [0.25, 0.3) is 0 Å². The molecule has 0 bridgehead atoms. The summed E-state index contributed by atoms with van der Waals surface area (Å²) in [7, 11) is -4.42. The highest BCUT2D eigenvalue weighted by molar-refractivity contribution is 7.47. The van der Waals surface area contributed by atoms with Gasteiger partial charge in [0.25, 0.3) is 0 Å². The zero-order chi connectivity index (χ0) is 43.2. The van der Waals surface area contributed by atoms with Gasteiger partial charge in [0.2, 0.25) is 0 Å². The molecule has 10 heteroatoms. The lowest BCUT2D eigenvalue weighted by Crippen LogP contribution is -2.29. The maximum Gasteiger partial charge on any atom is 0.472 e. The third kappa shape index (κ3) is 43.8. The molecule has 0 rings (SSSR count). The van der Waals surface area contributed by atoms with E-state index in [4.69, 9.17) is 24.3 Å². The van der Waals surface area contributed by atoms with E-state index in [-0.39, 0.29) is 32.6 Å². The average molecular weight is 840 g/mol. The summed E-state index contributed by atoms with van der Waals surface area (Å²) in [6.45, 7) is 3.43. The van der Waals surface area contributed by atoms with Gasteiger partial charge in [0.05, 0.1) is 13.2 Å². The first-order valence-electron chi connectivity index (χ1n) is 22.0. The molecule has 0 saturated heterocycles. The first kappa shape index (κ1) is 55.4. The number of rotatable bonds is 39. The second kappa shape index (κ2) is 44.0. The van der Waals surface area contributed by atoms with E-state index in [9.17, 15) is 19.0 Å². The van der Waals surface area contributed by atoms with E-state index >= 15 is 0 Å². The monoisotopic (exact) mass is 840 g/mol. The Morgan fingerprint density at radius 3 is 1.42 bits per heavy atom. The van der Waals surface area contributed by atoms with Crippen LogP contribution in [0.2, 0.25) is 0 Å². The van der Waals surface area contributed by atoms with E-state index in [1.54, 1.807) is 0 Å². The Morgan fingerprint density at radius 2 is 0.966 bits per heavy atom. The maximum atomic E-state index is 12.6. The van der Waals surface area contributed by atoms with E-state index in [1.807, 2.05) is 12.2 Å². The Hall–Kier alpha value is -3.59. The number of ether oxygens (including phenoxy) is 2. The minimum atomic E-state index is -4.42. The second-order valence-corrected chi connectivity index (χ2v) is 15.3. The van der Waals surface area contributed by atoms with Gasteiger partial charge in [-0.25, -0.2) is 4.57 Å². The van der Waals surface area contributed by atoms with E-state index < -0.39 is 32.5 Å². The first-order chi connectivity index (χ1) is 28.8. The quantitative estimate of drug-likeness (QED) is 0.0268.